The number of nitrogens with zero attached hydrogens (tertiary/aromatic N) is 4. The van der Waals surface area contributed by atoms with Gasteiger partial charge in [0.15, 0.2) is 0 Å². The number of sulfonamides is 2. The Bertz CT molecular complexity index is 1130. The molecule has 0 bridgehead atoms. The van der Waals surface area contributed by atoms with Gasteiger partial charge in [0.1, 0.15) is 11.0 Å². The van der Waals surface area contributed by atoms with E-state index >= 15 is 0 Å². The molecule has 0 spiro atoms. The van der Waals surface area contributed by atoms with Gasteiger partial charge < -0.3 is 0 Å². The van der Waals surface area contributed by atoms with Crippen molar-refractivity contribution in [1.82, 2.24) is 18.8 Å². The average Bonchev–Trinajstić information content (AvgIpc) is 3.37. The maximum atomic E-state index is 13.1. The van der Waals surface area contributed by atoms with E-state index in [0.29, 0.717) is 24.4 Å². The first-order valence-corrected chi connectivity index (χ1v) is 12.9. The first-order valence-electron chi connectivity index (χ1n) is 9.25. The Labute approximate surface area is 180 Å². The first kappa shape index (κ1) is 22.7. The zero-order valence-electron chi connectivity index (χ0n) is 16.8. The van der Waals surface area contributed by atoms with E-state index in [1.165, 1.54) is 49.7 Å². The summed E-state index contributed by atoms with van der Waals surface area (Å²) in [4.78, 5) is 12.6. The number of carbonyl (C=O) groups excluding carboxylic acids is 1. The van der Waals surface area contributed by atoms with Crippen LogP contribution in [-0.4, -0.2) is 68.2 Å². The Morgan fingerprint density at radius 1 is 1.17 bits per heavy atom. The van der Waals surface area contributed by atoms with Gasteiger partial charge in [-0.25, -0.2) is 21.1 Å². The number of amides is 1. The number of hydrogen-bond donors (Lipinski definition) is 1. The number of benzene rings is 1. The number of carbonyl (C=O) groups is 1. The lowest BCUT2D eigenvalue weighted by molar-refractivity contribution is -0.119. The van der Waals surface area contributed by atoms with E-state index in [0.717, 1.165) is 13.6 Å². The van der Waals surface area contributed by atoms with Crippen molar-refractivity contribution in [3.63, 3.8) is 0 Å². The van der Waals surface area contributed by atoms with E-state index in [2.05, 4.69) is 15.5 Å². The smallest absolute Gasteiger partial charge is 0.244 e. The molecule has 10 nitrogen and oxygen atoms in total. The van der Waals surface area contributed by atoms with Crippen LogP contribution in [0.25, 0.3) is 0 Å². The molecule has 1 aromatic carbocycles. The molecule has 1 saturated heterocycles. The van der Waals surface area contributed by atoms with E-state index in [1.54, 1.807) is 0 Å². The molecule has 0 saturated carbocycles. The summed E-state index contributed by atoms with van der Waals surface area (Å²) in [5, 5.41) is 11.6. The summed E-state index contributed by atoms with van der Waals surface area (Å²) < 4.78 is 52.8. The molecule has 1 aromatic heterocycles. The van der Waals surface area contributed by atoms with Crippen LogP contribution in [0, 0.1) is 0 Å². The second-order valence-electron chi connectivity index (χ2n) is 6.88. The molecule has 2 aromatic rings. The van der Waals surface area contributed by atoms with Gasteiger partial charge in [-0.05, 0) is 43.5 Å². The van der Waals surface area contributed by atoms with Gasteiger partial charge >= 0.3 is 0 Å². The predicted molar refractivity (Wildman–Crippen MR) is 112 cm³/mol. The third-order valence-corrected chi connectivity index (χ3v) is 9.45. The monoisotopic (exact) mass is 473 g/mol. The summed E-state index contributed by atoms with van der Waals surface area (Å²) in [5.74, 6) is -0.457. The number of aromatic nitrogens is 2. The summed E-state index contributed by atoms with van der Waals surface area (Å²) in [6, 6.07) is 4.13. The number of rotatable bonds is 7. The van der Waals surface area contributed by atoms with Crippen molar-refractivity contribution < 1.29 is 21.6 Å². The van der Waals surface area contributed by atoms with Crippen LogP contribution < -0.4 is 5.32 Å². The highest BCUT2D eigenvalue weighted by molar-refractivity contribution is 7.89. The zero-order valence-corrected chi connectivity index (χ0v) is 19.2. The molecule has 1 N–H and O–H groups in total. The molecule has 2 heterocycles. The normalized spacial score (nSPS) is 18.1. The lowest BCUT2D eigenvalue weighted by atomic mass is 10.2. The minimum absolute atomic E-state index is 0.00911. The van der Waals surface area contributed by atoms with Gasteiger partial charge in [-0.2, -0.15) is 4.31 Å². The minimum Gasteiger partial charge on any atom is -0.299 e. The highest BCUT2D eigenvalue weighted by Crippen LogP contribution is 2.28. The SMILES string of the molecule is CCc1nnc(NC(=O)C2CCCN2S(=O)(=O)c2ccc(S(=O)(=O)N(C)C)cc2)s1. The summed E-state index contributed by atoms with van der Waals surface area (Å²) in [5.41, 5.74) is 0. The minimum atomic E-state index is -3.98. The molecule has 1 aliphatic heterocycles. The molecular weight excluding hydrogens is 450 g/mol. The molecule has 30 heavy (non-hydrogen) atoms. The number of hydrogen-bond acceptors (Lipinski definition) is 8. The van der Waals surface area contributed by atoms with Gasteiger partial charge in [-0.3, -0.25) is 10.1 Å². The predicted octanol–water partition coefficient (Wildman–Crippen LogP) is 1.14. The van der Waals surface area contributed by atoms with Crippen molar-refractivity contribution in [3.05, 3.63) is 29.3 Å². The van der Waals surface area contributed by atoms with Crippen LogP contribution in [0.4, 0.5) is 5.13 Å². The van der Waals surface area contributed by atoms with Crippen molar-refractivity contribution in [2.75, 3.05) is 26.0 Å². The number of anilines is 1. The van der Waals surface area contributed by atoms with Gasteiger partial charge in [-0.1, -0.05) is 18.3 Å². The lowest BCUT2D eigenvalue weighted by Crippen LogP contribution is -2.43. The molecule has 164 valence electrons. The topological polar surface area (TPSA) is 130 Å². The third kappa shape index (κ3) is 4.39. The molecule has 0 aliphatic carbocycles. The summed E-state index contributed by atoms with van der Waals surface area (Å²) in [7, 11) is -4.85. The van der Waals surface area contributed by atoms with Crippen LogP contribution in [0.2, 0.25) is 0 Å². The van der Waals surface area contributed by atoms with Gasteiger partial charge in [0.25, 0.3) is 0 Å². The Morgan fingerprint density at radius 3 is 2.37 bits per heavy atom. The van der Waals surface area contributed by atoms with Crippen LogP contribution in [0.5, 0.6) is 0 Å². The number of nitrogens with one attached hydrogen (secondary N) is 1. The summed E-state index contributed by atoms with van der Waals surface area (Å²) >= 11 is 1.25. The van der Waals surface area contributed by atoms with Crippen molar-refractivity contribution in [1.29, 1.82) is 0 Å². The highest BCUT2D eigenvalue weighted by atomic mass is 32.2. The fraction of sp³-hybridized carbons (Fsp3) is 0.471. The van der Waals surface area contributed by atoms with Crippen molar-refractivity contribution >= 4 is 42.4 Å². The molecule has 1 amide bonds. The molecule has 1 unspecified atom stereocenters. The van der Waals surface area contributed by atoms with Gasteiger partial charge in [0, 0.05) is 20.6 Å². The maximum Gasteiger partial charge on any atom is 0.244 e. The second kappa shape index (κ2) is 8.67. The zero-order chi connectivity index (χ0) is 22.1. The standard InChI is InChI=1S/C17H23N5O5S3/c1-4-15-19-20-17(28-15)18-16(23)14-6-5-11-22(14)30(26,27)13-9-7-12(8-10-13)29(24,25)21(2)3/h7-10,14H,4-6,11H2,1-3H3,(H,18,20,23). The third-order valence-electron chi connectivity index (χ3n) is 4.71. The van der Waals surface area contributed by atoms with Gasteiger partial charge in [-0.15, -0.1) is 10.2 Å². The fourth-order valence-corrected chi connectivity index (χ4v) is 6.30. The average molecular weight is 474 g/mol. The molecule has 1 atom stereocenters. The van der Waals surface area contributed by atoms with Crippen molar-refractivity contribution in [2.24, 2.45) is 0 Å². The van der Waals surface area contributed by atoms with E-state index < -0.39 is 32.0 Å². The van der Waals surface area contributed by atoms with E-state index in [9.17, 15) is 21.6 Å². The lowest BCUT2D eigenvalue weighted by Gasteiger charge is -2.23. The molecule has 3 rings (SSSR count). The van der Waals surface area contributed by atoms with Crippen LogP contribution >= 0.6 is 11.3 Å². The molecule has 13 heteroatoms. The second-order valence-corrected chi connectivity index (χ2v) is 12.0. The van der Waals surface area contributed by atoms with Gasteiger partial charge in [0.2, 0.25) is 31.1 Å². The summed E-state index contributed by atoms with van der Waals surface area (Å²) in [6.45, 7) is 2.13. The Morgan fingerprint density at radius 2 is 1.80 bits per heavy atom. The largest absolute Gasteiger partial charge is 0.299 e. The molecular formula is C17H23N5O5S3. The Balaban J connectivity index is 1.81. The molecule has 1 aliphatic rings. The van der Waals surface area contributed by atoms with E-state index in [-0.39, 0.29) is 16.3 Å². The Kier molecular flexibility index (Phi) is 6.57. The Hall–Kier alpha value is -1.93. The van der Waals surface area contributed by atoms with E-state index in [4.69, 9.17) is 0 Å². The van der Waals surface area contributed by atoms with Crippen LogP contribution in [0.15, 0.2) is 34.1 Å². The van der Waals surface area contributed by atoms with Crippen LogP contribution in [0.3, 0.4) is 0 Å². The first-order chi connectivity index (χ1) is 14.1. The van der Waals surface area contributed by atoms with Gasteiger partial charge in [0.05, 0.1) is 9.79 Å². The van der Waals surface area contributed by atoms with Crippen molar-refractivity contribution in [3.8, 4) is 0 Å². The molecule has 1 fully saturated rings. The van der Waals surface area contributed by atoms with Crippen LogP contribution in [0.1, 0.15) is 24.8 Å². The van der Waals surface area contributed by atoms with Crippen molar-refractivity contribution in [2.45, 2.75) is 42.0 Å². The summed E-state index contributed by atoms with van der Waals surface area (Å²) in [6.07, 6.45) is 1.62. The molecule has 0 radical (unpaired) electrons. The van der Waals surface area contributed by atoms with Crippen LogP contribution in [-0.2, 0) is 31.3 Å². The highest BCUT2D eigenvalue weighted by Gasteiger charge is 2.39. The quantitative estimate of drug-likeness (QED) is 0.638. The maximum absolute atomic E-state index is 13.1. The van der Waals surface area contributed by atoms with E-state index in [1.807, 2.05) is 6.92 Å². The fourth-order valence-electron chi connectivity index (χ4n) is 3.06. The number of aryl methyl sites for hydroxylation is 1.